The minimum atomic E-state index is 0.663. The van der Waals surface area contributed by atoms with E-state index in [9.17, 15) is 0 Å². The molecule has 0 amide bonds. The molecule has 0 aromatic heterocycles. The Labute approximate surface area is 91.1 Å². The number of nitrogens with two attached hydrogens (primary N) is 2. The van der Waals surface area contributed by atoms with Crippen LogP contribution in [0, 0.1) is 5.92 Å². The van der Waals surface area contributed by atoms with Gasteiger partial charge >= 0.3 is 0 Å². The Morgan fingerprint density at radius 2 is 2.00 bits per heavy atom. The second-order valence-electron chi connectivity index (χ2n) is 4.49. The summed E-state index contributed by atoms with van der Waals surface area (Å²) in [5.41, 5.74) is 14.0. The molecule has 3 nitrogen and oxygen atoms in total. The fraction of sp³-hybridized carbons (Fsp3) is 0.500. The molecule has 1 fully saturated rings. The number of anilines is 3. The summed E-state index contributed by atoms with van der Waals surface area (Å²) in [6.07, 6.45) is 4.13. The van der Waals surface area contributed by atoms with E-state index < -0.39 is 0 Å². The molecule has 82 valence electrons. The van der Waals surface area contributed by atoms with Crippen LogP contribution in [0.2, 0.25) is 0 Å². The first-order chi connectivity index (χ1) is 7.16. The normalized spacial score (nSPS) is 16.1. The van der Waals surface area contributed by atoms with Gasteiger partial charge in [0.1, 0.15) is 0 Å². The summed E-state index contributed by atoms with van der Waals surface area (Å²) in [5, 5.41) is 0. The average molecular weight is 205 g/mol. The van der Waals surface area contributed by atoms with E-state index in [1.807, 2.05) is 18.2 Å². The number of benzene rings is 1. The fourth-order valence-corrected chi connectivity index (χ4v) is 1.97. The van der Waals surface area contributed by atoms with E-state index in [-0.39, 0.29) is 0 Å². The van der Waals surface area contributed by atoms with Gasteiger partial charge in [0.05, 0.1) is 11.4 Å². The van der Waals surface area contributed by atoms with Gasteiger partial charge in [-0.3, -0.25) is 0 Å². The molecule has 1 aliphatic rings. The molecule has 0 atom stereocenters. The smallest absolute Gasteiger partial charge is 0.0568 e. The van der Waals surface area contributed by atoms with Gasteiger partial charge in [-0.15, -0.1) is 0 Å². The third-order valence-electron chi connectivity index (χ3n) is 3.27. The van der Waals surface area contributed by atoms with E-state index >= 15 is 0 Å². The molecular weight excluding hydrogens is 186 g/mol. The lowest BCUT2D eigenvalue weighted by Crippen LogP contribution is -2.29. The van der Waals surface area contributed by atoms with Gasteiger partial charge in [-0.05, 0) is 37.0 Å². The van der Waals surface area contributed by atoms with Crippen LogP contribution >= 0.6 is 0 Å². The van der Waals surface area contributed by atoms with Gasteiger partial charge in [0, 0.05) is 19.3 Å². The van der Waals surface area contributed by atoms with E-state index in [2.05, 4.69) is 11.9 Å². The molecule has 1 aromatic rings. The standard InChI is InChI=1S/C12H19N3/c1-15(8-9-3-2-4-9)10-5-6-11(13)12(14)7-10/h5-7,9H,2-4,8,13-14H2,1H3. The lowest BCUT2D eigenvalue weighted by atomic mass is 9.85. The van der Waals surface area contributed by atoms with Crippen LogP contribution in [-0.4, -0.2) is 13.6 Å². The molecular formula is C12H19N3. The van der Waals surface area contributed by atoms with Crippen molar-refractivity contribution in [1.82, 2.24) is 0 Å². The molecule has 0 unspecified atom stereocenters. The molecule has 0 radical (unpaired) electrons. The summed E-state index contributed by atoms with van der Waals surface area (Å²) in [7, 11) is 2.11. The molecule has 0 saturated heterocycles. The van der Waals surface area contributed by atoms with Gasteiger partial charge in [-0.2, -0.15) is 0 Å². The Morgan fingerprint density at radius 1 is 1.27 bits per heavy atom. The maximum atomic E-state index is 5.78. The molecule has 0 aliphatic heterocycles. The quantitative estimate of drug-likeness (QED) is 0.743. The first-order valence-electron chi connectivity index (χ1n) is 5.53. The lowest BCUT2D eigenvalue weighted by Gasteiger charge is -2.31. The molecule has 4 N–H and O–H groups in total. The van der Waals surface area contributed by atoms with E-state index in [0.29, 0.717) is 11.4 Å². The monoisotopic (exact) mass is 205 g/mol. The van der Waals surface area contributed by atoms with Crippen molar-refractivity contribution < 1.29 is 0 Å². The fourth-order valence-electron chi connectivity index (χ4n) is 1.97. The summed E-state index contributed by atoms with van der Waals surface area (Å²) in [4.78, 5) is 2.26. The van der Waals surface area contributed by atoms with Crippen LogP contribution in [0.3, 0.4) is 0 Å². The molecule has 3 heteroatoms. The minimum Gasteiger partial charge on any atom is -0.397 e. The van der Waals surface area contributed by atoms with E-state index in [4.69, 9.17) is 11.5 Å². The van der Waals surface area contributed by atoms with Crippen LogP contribution in [0.15, 0.2) is 18.2 Å². The van der Waals surface area contributed by atoms with Crippen LogP contribution in [0.5, 0.6) is 0 Å². The summed E-state index contributed by atoms with van der Waals surface area (Å²) < 4.78 is 0. The number of nitrogens with zero attached hydrogens (tertiary/aromatic N) is 1. The molecule has 1 saturated carbocycles. The lowest BCUT2D eigenvalue weighted by molar-refractivity contribution is 0.321. The highest BCUT2D eigenvalue weighted by Crippen LogP contribution is 2.29. The molecule has 1 aromatic carbocycles. The number of rotatable bonds is 3. The molecule has 0 spiro atoms. The first-order valence-corrected chi connectivity index (χ1v) is 5.53. The van der Waals surface area contributed by atoms with Crippen molar-refractivity contribution in [2.24, 2.45) is 5.92 Å². The highest BCUT2D eigenvalue weighted by Gasteiger charge is 2.19. The third kappa shape index (κ3) is 2.17. The van der Waals surface area contributed by atoms with Crippen molar-refractivity contribution in [3.63, 3.8) is 0 Å². The zero-order valence-electron chi connectivity index (χ0n) is 9.24. The average Bonchev–Trinajstić information content (AvgIpc) is 2.15. The highest BCUT2D eigenvalue weighted by atomic mass is 15.1. The number of nitrogen functional groups attached to an aromatic ring is 2. The minimum absolute atomic E-state index is 0.663. The Hall–Kier alpha value is -1.38. The van der Waals surface area contributed by atoms with E-state index in [1.165, 1.54) is 19.3 Å². The van der Waals surface area contributed by atoms with Crippen molar-refractivity contribution in [1.29, 1.82) is 0 Å². The molecule has 2 rings (SSSR count). The molecule has 0 bridgehead atoms. The van der Waals surface area contributed by atoms with Crippen molar-refractivity contribution in [3.05, 3.63) is 18.2 Å². The van der Waals surface area contributed by atoms with E-state index in [0.717, 1.165) is 18.2 Å². The van der Waals surface area contributed by atoms with Crippen molar-refractivity contribution in [3.8, 4) is 0 Å². The number of hydrogen-bond donors (Lipinski definition) is 2. The van der Waals surface area contributed by atoms with Crippen LogP contribution in [0.25, 0.3) is 0 Å². The maximum absolute atomic E-state index is 5.78. The van der Waals surface area contributed by atoms with E-state index in [1.54, 1.807) is 0 Å². The first kappa shape index (κ1) is 10.1. The SMILES string of the molecule is CN(CC1CCC1)c1ccc(N)c(N)c1. The molecule has 15 heavy (non-hydrogen) atoms. The predicted octanol–water partition coefficient (Wildman–Crippen LogP) is 2.09. The van der Waals surface area contributed by atoms with Crippen molar-refractivity contribution in [2.45, 2.75) is 19.3 Å². The van der Waals surface area contributed by atoms with Gasteiger partial charge in [0.15, 0.2) is 0 Å². The predicted molar refractivity (Wildman–Crippen MR) is 65.9 cm³/mol. The Kier molecular flexibility index (Phi) is 2.71. The highest BCUT2D eigenvalue weighted by molar-refractivity contribution is 5.69. The van der Waals surface area contributed by atoms with Crippen LogP contribution < -0.4 is 16.4 Å². The molecule has 0 heterocycles. The largest absolute Gasteiger partial charge is 0.397 e. The Bertz CT molecular complexity index is 345. The summed E-state index contributed by atoms with van der Waals surface area (Å²) in [6, 6.07) is 5.86. The van der Waals surface area contributed by atoms with Crippen LogP contribution in [0.1, 0.15) is 19.3 Å². The van der Waals surface area contributed by atoms with Gasteiger partial charge in [-0.25, -0.2) is 0 Å². The van der Waals surface area contributed by atoms with Crippen molar-refractivity contribution in [2.75, 3.05) is 30.0 Å². The summed E-state index contributed by atoms with van der Waals surface area (Å²) in [6.45, 7) is 1.13. The van der Waals surface area contributed by atoms with Gasteiger partial charge in [0.25, 0.3) is 0 Å². The van der Waals surface area contributed by atoms with Gasteiger partial charge < -0.3 is 16.4 Å². The Morgan fingerprint density at radius 3 is 2.53 bits per heavy atom. The number of hydrogen-bond acceptors (Lipinski definition) is 3. The zero-order valence-corrected chi connectivity index (χ0v) is 9.24. The zero-order chi connectivity index (χ0) is 10.8. The molecule has 1 aliphatic carbocycles. The van der Waals surface area contributed by atoms with Crippen molar-refractivity contribution >= 4 is 17.1 Å². The second-order valence-corrected chi connectivity index (χ2v) is 4.49. The van der Waals surface area contributed by atoms with Gasteiger partial charge in [-0.1, -0.05) is 6.42 Å². The third-order valence-corrected chi connectivity index (χ3v) is 3.27. The Balaban J connectivity index is 2.03. The summed E-state index contributed by atoms with van der Waals surface area (Å²) >= 11 is 0. The van der Waals surface area contributed by atoms with Crippen LogP contribution in [-0.2, 0) is 0 Å². The maximum Gasteiger partial charge on any atom is 0.0568 e. The summed E-state index contributed by atoms with van der Waals surface area (Å²) in [5.74, 6) is 0.869. The second kappa shape index (κ2) is 4.01. The van der Waals surface area contributed by atoms with Crippen LogP contribution in [0.4, 0.5) is 17.1 Å². The topological polar surface area (TPSA) is 55.3 Å². The van der Waals surface area contributed by atoms with Gasteiger partial charge in [0.2, 0.25) is 0 Å².